The molecule has 1 aliphatic rings. The molecule has 39 heavy (non-hydrogen) atoms. The average Bonchev–Trinajstić information content (AvgIpc) is 3.33. The van der Waals surface area contributed by atoms with Crippen LogP contribution in [0.15, 0.2) is 43.0 Å². The first-order valence-corrected chi connectivity index (χ1v) is 12.2. The van der Waals surface area contributed by atoms with E-state index in [9.17, 15) is 22.7 Å². The topological polar surface area (TPSA) is 128 Å². The molecule has 0 unspecified atom stereocenters. The molecule has 1 fully saturated rings. The monoisotopic (exact) mass is 545 g/mol. The van der Waals surface area contributed by atoms with E-state index in [-0.39, 0.29) is 42.2 Å². The molecular formula is C26H27F4N7O2. The summed E-state index contributed by atoms with van der Waals surface area (Å²) in [5.41, 5.74) is 13.4. The fourth-order valence-electron chi connectivity index (χ4n) is 5.15. The van der Waals surface area contributed by atoms with Gasteiger partial charge in [-0.3, -0.25) is 4.98 Å². The summed E-state index contributed by atoms with van der Waals surface area (Å²) in [6, 6.07) is 5.37. The van der Waals surface area contributed by atoms with E-state index in [4.69, 9.17) is 16.2 Å². The Morgan fingerprint density at radius 1 is 1.15 bits per heavy atom. The Hall–Kier alpha value is -3.97. The highest BCUT2D eigenvalue weighted by molar-refractivity contribution is 5.72. The first-order chi connectivity index (χ1) is 18.6. The number of benzene rings is 1. The third kappa shape index (κ3) is 4.94. The van der Waals surface area contributed by atoms with Crippen LogP contribution in [0.5, 0.6) is 5.75 Å². The number of rotatable bonds is 7. The van der Waals surface area contributed by atoms with Crippen molar-refractivity contribution in [3.05, 3.63) is 65.7 Å². The summed E-state index contributed by atoms with van der Waals surface area (Å²) < 4.78 is 62.7. The number of aliphatic hydroxyl groups is 1. The molecular weight excluding hydrogens is 518 g/mol. The van der Waals surface area contributed by atoms with Gasteiger partial charge < -0.3 is 26.2 Å². The summed E-state index contributed by atoms with van der Waals surface area (Å²) in [7, 11) is 1.24. The van der Waals surface area contributed by atoms with E-state index in [0.717, 1.165) is 17.7 Å². The summed E-state index contributed by atoms with van der Waals surface area (Å²) in [4.78, 5) is 10.2. The van der Waals surface area contributed by atoms with E-state index in [2.05, 4.69) is 15.1 Å². The molecule has 2 atom stereocenters. The van der Waals surface area contributed by atoms with Crippen molar-refractivity contribution in [1.82, 2.24) is 19.6 Å². The Bertz CT molecular complexity index is 1520. The molecule has 4 aromatic rings. The smallest absolute Gasteiger partial charge is 0.265 e. The minimum absolute atomic E-state index is 0.0557. The highest BCUT2D eigenvalue weighted by Crippen LogP contribution is 2.35. The number of hydrogen-bond acceptors (Lipinski definition) is 8. The highest BCUT2D eigenvalue weighted by atomic mass is 19.3. The van der Waals surface area contributed by atoms with Crippen LogP contribution in [0.1, 0.15) is 24.0 Å². The largest absolute Gasteiger partial charge is 0.494 e. The Morgan fingerprint density at radius 3 is 2.69 bits per heavy atom. The summed E-state index contributed by atoms with van der Waals surface area (Å²) in [5, 5.41) is 14.3. The molecule has 9 nitrogen and oxygen atoms in total. The van der Waals surface area contributed by atoms with Crippen molar-refractivity contribution in [2.75, 3.05) is 30.8 Å². The first kappa shape index (κ1) is 26.6. The Kier molecular flexibility index (Phi) is 7.03. The van der Waals surface area contributed by atoms with E-state index < -0.39 is 29.7 Å². The van der Waals surface area contributed by atoms with Crippen LogP contribution in [-0.4, -0.2) is 63.0 Å². The molecule has 206 valence electrons. The maximum atomic E-state index is 14.9. The molecule has 5 N–H and O–H groups in total. The van der Waals surface area contributed by atoms with Gasteiger partial charge in [-0.1, -0.05) is 0 Å². The molecule has 5 rings (SSSR count). The number of nitrogens with two attached hydrogens (primary N) is 2. The lowest BCUT2D eigenvalue weighted by Gasteiger charge is -2.44. The Balaban J connectivity index is 1.61. The minimum Gasteiger partial charge on any atom is -0.494 e. The molecule has 0 spiro atoms. The van der Waals surface area contributed by atoms with Crippen LogP contribution in [0, 0.1) is 11.6 Å². The number of halogens is 4. The van der Waals surface area contributed by atoms with Crippen LogP contribution in [0.4, 0.5) is 29.1 Å². The zero-order valence-electron chi connectivity index (χ0n) is 21.0. The van der Waals surface area contributed by atoms with Gasteiger partial charge in [0.1, 0.15) is 23.8 Å². The number of piperidine rings is 1. The number of nitrogen functional groups attached to an aromatic ring is 1. The summed E-state index contributed by atoms with van der Waals surface area (Å²) in [6.45, 7) is 0.413. The molecule has 4 heterocycles. The van der Waals surface area contributed by atoms with Crippen molar-refractivity contribution in [1.29, 1.82) is 0 Å². The van der Waals surface area contributed by atoms with Crippen LogP contribution in [0.25, 0.3) is 16.8 Å². The number of alkyl halides is 2. The number of anilines is 2. The predicted molar refractivity (Wildman–Crippen MR) is 137 cm³/mol. The van der Waals surface area contributed by atoms with E-state index in [1.54, 1.807) is 21.7 Å². The maximum Gasteiger partial charge on any atom is 0.265 e. The van der Waals surface area contributed by atoms with Gasteiger partial charge in [-0.05, 0) is 42.2 Å². The summed E-state index contributed by atoms with van der Waals surface area (Å²) in [6.07, 6.45) is 0.424. The molecule has 3 aromatic heterocycles. The number of fused-ring (bicyclic) bond motifs is 1. The van der Waals surface area contributed by atoms with E-state index in [1.165, 1.54) is 19.6 Å². The van der Waals surface area contributed by atoms with Crippen LogP contribution < -0.4 is 21.1 Å². The number of ether oxygens (including phenoxy) is 1. The van der Waals surface area contributed by atoms with Crippen molar-refractivity contribution >= 4 is 17.0 Å². The molecule has 0 aliphatic carbocycles. The summed E-state index contributed by atoms with van der Waals surface area (Å²) >= 11 is 0. The third-order valence-electron chi connectivity index (χ3n) is 7.15. The van der Waals surface area contributed by atoms with Gasteiger partial charge in [0.05, 0.1) is 30.2 Å². The quantitative estimate of drug-likeness (QED) is 0.302. The van der Waals surface area contributed by atoms with Crippen molar-refractivity contribution < 1.29 is 27.4 Å². The van der Waals surface area contributed by atoms with E-state index >= 15 is 0 Å². The second-order valence-electron chi connectivity index (χ2n) is 9.66. The van der Waals surface area contributed by atoms with Gasteiger partial charge in [-0.25, -0.2) is 27.1 Å². The van der Waals surface area contributed by atoms with Crippen LogP contribution in [0.2, 0.25) is 0 Å². The Labute approximate surface area is 221 Å². The van der Waals surface area contributed by atoms with Gasteiger partial charge in [-0.2, -0.15) is 5.10 Å². The molecule has 0 bridgehead atoms. The van der Waals surface area contributed by atoms with E-state index in [1.807, 2.05) is 6.07 Å². The van der Waals surface area contributed by atoms with Crippen molar-refractivity contribution in [3.8, 4) is 17.0 Å². The Morgan fingerprint density at radius 2 is 1.95 bits per heavy atom. The standard InChI is InChI=1S/C26H27F4N7O2/c1-39-21-10-17(27)16(9-18(21)28)19-8-15(7-14-3-6-37-22(14)25(31)34-13-35-37)20(11-33-19)36-5-2-4-26(32,12-36)23(38)24(29)30/h3,6,8-11,13,23-24,38H,2,4-5,7,12,32H2,1H3,(H2,31,34,35)/t23-,26-/m1/s1. The van der Waals surface area contributed by atoms with E-state index in [0.29, 0.717) is 29.7 Å². The van der Waals surface area contributed by atoms with Crippen molar-refractivity contribution in [2.24, 2.45) is 5.73 Å². The lowest BCUT2D eigenvalue weighted by molar-refractivity contribution is -0.0529. The third-order valence-corrected chi connectivity index (χ3v) is 7.15. The van der Waals surface area contributed by atoms with Crippen molar-refractivity contribution in [3.63, 3.8) is 0 Å². The van der Waals surface area contributed by atoms with Gasteiger partial charge in [0.2, 0.25) is 0 Å². The van der Waals surface area contributed by atoms with Crippen LogP contribution in [-0.2, 0) is 6.42 Å². The van der Waals surface area contributed by atoms with Gasteiger partial charge in [-0.15, -0.1) is 0 Å². The van der Waals surface area contributed by atoms with Crippen LogP contribution in [0.3, 0.4) is 0 Å². The SMILES string of the molecule is COc1cc(F)c(-c2cc(Cc3ccn4ncnc(N)c34)c(N3CCC[C@](N)([C@H](O)C(F)F)C3)cn2)cc1F. The van der Waals surface area contributed by atoms with Gasteiger partial charge >= 0.3 is 0 Å². The first-order valence-electron chi connectivity index (χ1n) is 12.2. The summed E-state index contributed by atoms with van der Waals surface area (Å²) in [5.74, 6) is -1.47. The lowest BCUT2D eigenvalue weighted by Crippen LogP contribution is -2.63. The molecule has 1 saturated heterocycles. The maximum absolute atomic E-state index is 14.9. The van der Waals surface area contributed by atoms with Crippen molar-refractivity contribution in [2.45, 2.75) is 37.3 Å². The molecule has 0 radical (unpaired) electrons. The number of methoxy groups -OCH3 is 1. The normalized spacial score (nSPS) is 18.6. The fraction of sp³-hybridized carbons (Fsp3) is 0.346. The molecule has 0 saturated carbocycles. The van der Waals surface area contributed by atoms with Gasteiger partial charge in [0.25, 0.3) is 6.43 Å². The molecule has 1 aromatic carbocycles. The predicted octanol–water partition coefficient (Wildman–Crippen LogP) is 3.17. The van der Waals surface area contributed by atoms with Gasteiger partial charge in [0, 0.05) is 37.3 Å². The zero-order valence-corrected chi connectivity index (χ0v) is 21.0. The second-order valence-corrected chi connectivity index (χ2v) is 9.66. The highest BCUT2D eigenvalue weighted by Gasteiger charge is 2.43. The number of aromatic nitrogens is 4. The number of pyridine rings is 1. The lowest BCUT2D eigenvalue weighted by atomic mass is 9.84. The zero-order chi connectivity index (χ0) is 27.9. The fourth-order valence-corrected chi connectivity index (χ4v) is 5.15. The molecule has 1 aliphatic heterocycles. The molecule has 13 heteroatoms. The minimum atomic E-state index is -3.00. The number of nitrogens with zero attached hydrogens (tertiary/aromatic N) is 5. The second kappa shape index (κ2) is 10.3. The van der Waals surface area contributed by atoms with Gasteiger partial charge in [0.15, 0.2) is 17.4 Å². The number of hydrogen-bond donors (Lipinski definition) is 3. The van der Waals surface area contributed by atoms with Crippen LogP contribution >= 0.6 is 0 Å². The average molecular weight is 546 g/mol. The molecule has 0 amide bonds. The number of aliphatic hydroxyl groups excluding tert-OH is 1.